The van der Waals surface area contributed by atoms with Gasteiger partial charge in [-0.05, 0) is 40.5 Å². The summed E-state index contributed by atoms with van der Waals surface area (Å²) in [5.41, 5.74) is 4.14. The van der Waals surface area contributed by atoms with E-state index in [-0.39, 0.29) is 0 Å². The zero-order valence-corrected chi connectivity index (χ0v) is 15.8. The van der Waals surface area contributed by atoms with E-state index in [1.807, 2.05) is 54.6 Å². The zero-order valence-electron chi connectivity index (χ0n) is 15.1. The summed E-state index contributed by atoms with van der Waals surface area (Å²) in [6.45, 7) is 0. The standard InChI is InChI=1S/C25H17ClN2/c26-23-14-11-21(12-15-23)25(19-7-3-1-4-8-19,20-9-5-2-6-10-20)22-13-16-24(17-27)28-18-22/h1-16,18H. The van der Waals surface area contributed by atoms with Gasteiger partial charge in [-0.2, -0.15) is 5.26 Å². The van der Waals surface area contributed by atoms with Crippen molar-refractivity contribution in [2.75, 3.05) is 0 Å². The summed E-state index contributed by atoms with van der Waals surface area (Å²) in [5.74, 6) is 0. The van der Waals surface area contributed by atoms with Crippen molar-refractivity contribution in [3.63, 3.8) is 0 Å². The fraction of sp³-hybridized carbons (Fsp3) is 0.0400. The van der Waals surface area contributed by atoms with Crippen LogP contribution in [0.1, 0.15) is 27.9 Å². The fourth-order valence-electron chi connectivity index (χ4n) is 3.76. The largest absolute Gasteiger partial charge is 0.245 e. The Morgan fingerprint density at radius 2 is 1.14 bits per heavy atom. The third-order valence-electron chi connectivity index (χ3n) is 5.00. The van der Waals surface area contributed by atoms with Gasteiger partial charge >= 0.3 is 0 Å². The third-order valence-corrected chi connectivity index (χ3v) is 5.25. The molecule has 0 aliphatic carbocycles. The van der Waals surface area contributed by atoms with Gasteiger partial charge in [-0.3, -0.25) is 0 Å². The number of halogens is 1. The van der Waals surface area contributed by atoms with E-state index >= 15 is 0 Å². The normalized spacial score (nSPS) is 11.0. The van der Waals surface area contributed by atoms with Crippen LogP contribution in [0.2, 0.25) is 5.02 Å². The molecule has 0 saturated carbocycles. The van der Waals surface area contributed by atoms with Crippen LogP contribution >= 0.6 is 11.6 Å². The zero-order chi connectivity index (χ0) is 19.4. The maximum absolute atomic E-state index is 9.19. The number of hydrogen-bond donors (Lipinski definition) is 0. The molecule has 0 spiro atoms. The molecule has 0 fully saturated rings. The lowest BCUT2D eigenvalue weighted by Crippen LogP contribution is -2.31. The highest BCUT2D eigenvalue weighted by Crippen LogP contribution is 2.45. The van der Waals surface area contributed by atoms with Gasteiger partial charge in [0, 0.05) is 11.2 Å². The van der Waals surface area contributed by atoms with E-state index in [0.717, 1.165) is 22.3 Å². The SMILES string of the molecule is N#Cc1ccc(C(c2ccccc2)(c2ccccc2)c2ccc(Cl)cc2)cn1. The number of benzene rings is 3. The van der Waals surface area contributed by atoms with Crippen LogP contribution in [0, 0.1) is 11.3 Å². The highest BCUT2D eigenvalue weighted by atomic mass is 35.5. The molecular formula is C25H17ClN2. The fourth-order valence-corrected chi connectivity index (χ4v) is 3.88. The van der Waals surface area contributed by atoms with Crippen molar-refractivity contribution in [1.29, 1.82) is 5.26 Å². The van der Waals surface area contributed by atoms with Crippen LogP contribution in [0.4, 0.5) is 0 Å². The lowest BCUT2D eigenvalue weighted by molar-refractivity contribution is 0.739. The first kappa shape index (κ1) is 18.0. The molecule has 3 aromatic carbocycles. The number of pyridine rings is 1. The number of rotatable bonds is 4. The van der Waals surface area contributed by atoms with Crippen molar-refractivity contribution in [3.05, 3.63) is 136 Å². The van der Waals surface area contributed by atoms with Crippen molar-refractivity contribution < 1.29 is 0 Å². The van der Waals surface area contributed by atoms with Crippen LogP contribution in [0.3, 0.4) is 0 Å². The van der Waals surface area contributed by atoms with Crippen LogP contribution in [0.5, 0.6) is 0 Å². The second-order valence-electron chi connectivity index (χ2n) is 6.53. The predicted octanol–water partition coefficient (Wildman–Crippen LogP) is 5.99. The Balaban J connectivity index is 2.10. The molecule has 0 aliphatic heterocycles. The molecule has 4 aromatic rings. The Morgan fingerprint density at radius 3 is 1.61 bits per heavy atom. The van der Waals surface area contributed by atoms with Crippen molar-refractivity contribution in [3.8, 4) is 6.07 Å². The molecule has 2 nitrogen and oxygen atoms in total. The Morgan fingerprint density at radius 1 is 0.643 bits per heavy atom. The van der Waals surface area contributed by atoms with E-state index in [1.165, 1.54) is 0 Å². The monoisotopic (exact) mass is 380 g/mol. The van der Waals surface area contributed by atoms with Crippen LogP contribution in [0.15, 0.2) is 103 Å². The minimum Gasteiger partial charge on any atom is -0.245 e. The maximum Gasteiger partial charge on any atom is 0.140 e. The van der Waals surface area contributed by atoms with Crippen LogP contribution in [-0.4, -0.2) is 4.98 Å². The number of nitrogens with zero attached hydrogens (tertiary/aromatic N) is 2. The summed E-state index contributed by atoms with van der Waals surface area (Å²) >= 11 is 6.19. The number of aromatic nitrogens is 1. The van der Waals surface area contributed by atoms with E-state index in [4.69, 9.17) is 11.6 Å². The van der Waals surface area contributed by atoms with Crippen LogP contribution in [0.25, 0.3) is 0 Å². The molecule has 1 heterocycles. The molecule has 0 atom stereocenters. The molecule has 1 aromatic heterocycles. The van der Waals surface area contributed by atoms with E-state index in [1.54, 1.807) is 12.3 Å². The van der Waals surface area contributed by atoms with Crippen molar-refractivity contribution in [2.24, 2.45) is 0 Å². The van der Waals surface area contributed by atoms with Gasteiger partial charge in [0.1, 0.15) is 11.8 Å². The molecule has 0 amide bonds. The Labute approximate surface area is 169 Å². The van der Waals surface area contributed by atoms with Gasteiger partial charge in [-0.1, -0.05) is 90.5 Å². The highest BCUT2D eigenvalue weighted by molar-refractivity contribution is 6.30. The van der Waals surface area contributed by atoms with E-state index < -0.39 is 5.41 Å². The maximum atomic E-state index is 9.19. The summed E-state index contributed by atoms with van der Waals surface area (Å²) in [6, 6.07) is 34.5. The second kappa shape index (κ2) is 7.68. The minimum atomic E-state index is -0.575. The predicted molar refractivity (Wildman–Crippen MR) is 112 cm³/mol. The Bertz CT molecular complexity index is 1060. The first-order valence-electron chi connectivity index (χ1n) is 8.99. The van der Waals surface area contributed by atoms with Crippen LogP contribution in [-0.2, 0) is 5.41 Å². The number of hydrogen-bond acceptors (Lipinski definition) is 2. The smallest absolute Gasteiger partial charge is 0.140 e. The van der Waals surface area contributed by atoms with Gasteiger partial charge in [0.15, 0.2) is 0 Å². The molecule has 0 radical (unpaired) electrons. The van der Waals surface area contributed by atoms with Gasteiger partial charge in [0.25, 0.3) is 0 Å². The van der Waals surface area contributed by atoms with Gasteiger partial charge in [-0.25, -0.2) is 4.98 Å². The lowest BCUT2D eigenvalue weighted by atomic mass is 9.65. The Hall–Kier alpha value is -3.41. The molecule has 0 unspecified atom stereocenters. The van der Waals surface area contributed by atoms with E-state index in [2.05, 4.69) is 47.5 Å². The molecule has 28 heavy (non-hydrogen) atoms. The van der Waals surface area contributed by atoms with Gasteiger partial charge in [0.2, 0.25) is 0 Å². The van der Waals surface area contributed by atoms with Crippen LogP contribution < -0.4 is 0 Å². The van der Waals surface area contributed by atoms with Gasteiger partial charge in [0.05, 0.1) is 5.41 Å². The first-order chi connectivity index (χ1) is 13.7. The summed E-state index contributed by atoms with van der Waals surface area (Å²) in [5, 5.41) is 9.88. The third kappa shape index (κ3) is 3.07. The van der Waals surface area contributed by atoms with E-state index in [0.29, 0.717) is 10.7 Å². The average molecular weight is 381 g/mol. The molecule has 0 saturated heterocycles. The van der Waals surface area contributed by atoms with Crippen molar-refractivity contribution in [1.82, 2.24) is 4.98 Å². The quantitative estimate of drug-likeness (QED) is 0.408. The highest BCUT2D eigenvalue weighted by Gasteiger charge is 2.38. The molecule has 0 N–H and O–H groups in total. The summed E-state index contributed by atoms with van der Waals surface area (Å²) in [6.07, 6.45) is 1.80. The molecule has 134 valence electrons. The average Bonchev–Trinajstić information content (AvgIpc) is 2.77. The molecular weight excluding hydrogens is 364 g/mol. The summed E-state index contributed by atoms with van der Waals surface area (Å²) < 4.78 is 0. The minimum absolute atomic E-state index is 0.398. The first-order valence-corrected chi connectivity index (χ1v) is 9.36. The lowest BCUT2D eigenvalue weighted by Gasteiger charge is -2.36. The summed E-state index contributed by atoms with van der Waals surface area (Å²) in [7, 11) is 0. The topological polar surface area (TPSA) is 36.7 Å². The molecule has 0 bridgehead atoms. The van der Waals surface area contributed by atoms with Crippen molar-refractivity contribution >= 4 is 11.6 Å². The summed E-state index contributed by atoms with van der Waals surface area (Å²) in [4.78, 5) is 4.37. The molecule has 4 rings (SSSR count). The van der Waals surface area contributed by atoms with Crippen molar-refractivity contribution in [2.45, 2.75) is 5.41 Å². The van der Waals surface area contributed by atoms with E-state index in [9.17, 15) is 5.26 Å². The van der Waals surface area contributed by atoms with Gasteiger partial charge < -0.3 is 0 Å². The Kier molecular flexibility index (Phi) is 4.93. The molecule has 0 aliphatic rings. The van der Waals surface area contributed by atoms with Gasteiger partial charge in [-0.15, -0.1) is 0 Å². The number of nitriles is 1. The molecule has 3 heteroatoms. The second-order valence-corrected chi connectivity index (χ2v) is 6.97.